The van der Waals surface area contributed by atoms with Crippen LogP contribution in [0.5, 0.6) is 0 Å². The molecule has 0 aliphatic carbocycles. The van der Waals surface area contributed by atoms with Crippen molar-refractivity contribution >= 4 is 5.91 Å². The third-order valence-corrected chi connectivity index (χ3v) is 3.62. The molecular weight excluding hydrogens is 238 g/mol. The van der Waals surface area contributed by atoms with Crippen molar-refractivity contribution in [2.75, 3.05) is 13.1 Å². The van der Waals surface area contributed by atoms with Gasteiger partial charge in [0, 0.05) is 25.3 Å². The lowest BCUT2D eigenvalue weighted by molar-refractivity contribution is -0.117. The smallest absolute Gasteiger partial charge is 0.263 e. The summed E-state index contributed by atoms with van der Waals surface area (Å²) in [6.45, 7) is 5.83. The number of nitrogens with zero attached hydrogens (tertiary/aromatic N) is 2. The van der Waals surface area contributed by atoms with E-state index in [0.717, 1.165) is 38.6 Å². The van der Waals surface area contributed by atoms with E-state index in [4.69, 9.17) is 5.26 Å². The van der Waals surface area contributed by atoms with E-state index in [0.29, 0.717) is 12.6 Å². The normalized spacial score (nSPS) is 19.9. The molecule has 19 heavy (non-hydrogen) atoms. The van der Waals surface area contributed by atoms with Crippen molar-refractivity contribution in [1.82, 2.24) is 10.2 Å². The standard InChI is InChI=1S/C15H25N3O/c1-3-5-9-17-15(19)13(11-16)12-18-10-7-6-8-14(18)4-2/h12,14H,3-10H2,1-2H3,(H,17,19)/b13-12-. The van der Waals surface area contributed by atoms with Crippen LogP contribution in [0.3, 0.4) is 0 Å². The Kier molecular flexibility index (Phi) is 7.02. The zero-order valence-electron chi connectivity index (χ0n) is 12.1. The van der Waals surface area contributed by atoms with Crippen LogP contribution in [0, 0.1) is 11.3 Å². The highest BCUT2D eigenvalue weighted by Crippen LogP contribution is 2.20. The maximum Gasteiger partial charge on any atom is 0.263 e. The quantitative estimate of drug-likeness (QED) is 0.455. The second-order valence-corrected chi connectivity index (χ2v) is 5.06. The molecule has 1 unspecified atom stereocenters. The number of rotatable bonds is 6. The fraction of sp³-hybridized carbons (Fsp3) is 0.733. The van der Waals surface area contributed by atoms with Crippen LogP contribution in [0.4, 0.5) is 0 Å². The SMILES string of the molecule is CCCCNC(=O)/C(C#N)=C\N1CCCCC1CC. The van der Waals surface area contributed by atoms with E-state index in [9.17, 15) is 4.79 Å². The third-order valence-electron chi connectivity index (χ3n) is 3.62. The summed E-state index contributed by atoms with van der Waals surface area (Å²) >= 11 is 0. The molecule has 0 radical (unpaired) electrons. The maximum atomic E-state index is 11.9. The molecule has 0 aromatic heterocycles. The summed E-state index contributed by atoms with van der Waals surface area (Å²) in [5.41, 5.74) is 0.233. The van der Waals surface area contributed by atoms with Crippen LogP contribution in [0.2, 0.25) is 0 Å². The highest BCUT2D eigenvalue weighted by atomic mass is 16.1. The van der Waals surface area contributed by atoms with Gasteiger partial charge in [-0.2, -0.15) is 5.26 Å². The summed E-state index contributed by atoms with van der Waals surface area (Å²) in [5.74, 6) is -0.239. The minimum Gasteiger partial charge on any atom is -0.373 e. The molecule has 1 fully saturated rings. The average Bonchev–Trinajstić information content (AvgIpc) is 2.45. The zero-order valence-corrected chi connectivity index (χ0v) is 12.1. The summed E-state index contributed by atoms with van der Waals surface area (Å²) in [6, 6.07) is 2.50. The van der Waals surface area contributed by atoms with Gasteiger partial charge in [0.1, 0.15) is 11.6 Å². The number of hydrogen-bond acceptors (Lipinski definition) is 3. The van der Waals surface area contributed by atoms with Gasteiger partial charge >= 0.3 is 0 Å². The first kappa shape index (κ1) is 15.6. The molecule has 4 heteroatoms. The second kappa shape index (κ2) is 8.58. The lowest BCUT2D eigenvalue weighted by Gasteiger charge is -2.34. The van der Waals surface area contributed by atoms with Crippen LogP contribution in [-0.2, 0) is 4.79 Å². The number of carbonyl (C=O) groups is 1. The fourth-order valence-electron chi connectivity index (χ4n) is 2.41. The van der Waals surface area contributed by atoms with Crippen LogP contribution >= 0.6 is 0 Å². The van der Waals surface area contributed by atoms with Crippen molar-refractivity contribution in [2.45, 2.75) is 58.4 Å². The number of unbranched alkanes of at least 4 members (excludes halogenated alkanes) is 1. The zero-order chi connectivity index (χ0) is 14.1. The van der Waals surface area contributed by atoms with Crippen molar-refractivity contribution in [3.8, 4) is 6.07 Å². The number of piperidine rings is 1. The van der Waals surface area contributed by atoms with Gasteiger partial charge in [-0.25, -0.2) is 0 Å². The Hall–Kier alpha value is -1.50. The Balaban J connectivity index is 2.63. The molecule has 1 aliphatic rings. The summed E-state index contributed by atoms with van der Waals surface area (Å²) < 4.78 is 0. The minimum atomic E-state index is -0.239. The number of carbonyl (C=O) groups excluding carboxylic acids is 1. The Morgan fingerprint density at radius 3 is 2.89 bits per heavy atom. The first-order valence-corrected chi connectivity index (χ1v) is 7.38. The van der Waals surface area contributed by atoms with Crippen molar-refractivity contribution in [3.05, 3.63) is 11.8 Å². The molecule has 1 saturated heterocycles. The Labute approximate surface area is 116 Å². The van der Waals surface area contributed by atoms with Gasteiger partial charge in [0.25, 0.3) is 5.91 Å². The van der Waals surface area contributed by atoms with E-state index in [2.05, 4.69) is 24.1 Å². The Morgan fingerprint density at radius 1 is 1.47 bits per heavy atom. The number of likely N-dealkylation sites (tertiary alicyclic amines) is 1. The van der Waals surface area contributed by atoms with Crippen molar-refractivity contribution in [3.63, 3.8) is 0 Å². The topological polar surface area (TPSA) is 56.1 Å². The molecule has 0 spiro atoms. The largest absolute Gasteiger partial charge is 0.373 e. The predicted molar refractivity (Wildman–Crippen MR) is 76.2 cm³/mol. The van der Waals surface area contributed by atoms with Gasteiger partial charge in [-0.15, -0.1) is 0 Å². The Bertz CT molecular complexity index is 357. The molecule has 1 heterocycles. The number of amides is 1. The number of nitrogens with one attached hydrogen (secondary N) is 1. The van der Waals surface area contributed by atoms with Crippen LogP contribution in [0.15, 0.2) is 11.8 Å². The maximum absolute atomic E-state index is 11.9. The number of hydrogen-bond donors (Lipinski definition) is 1. The lowest BCUT2D eigenvalue weighted by Crippen LogP contribution is -2.36. The molecule has 1 atom stereocenters. The van der Waals surface area contributed by atoms with Gasteiger partial charge in [0.05, 0.1) is 0 Å². The monoisotopic (exact) mass is 263 g/mol. The summed E-state index contributed by atoms with van der Waals surface area (Å²) in [6.07, 6.45) is 8.35. The molecule has 1 rings (SSSR count). The van der Waals surface area contributed by atoms with E-state index in [1.807, 2.05) is 6.07 Å². The highest BCUT2D eigenvalue weighted by Gasteiger charge is 2.20. The first-order valence-electron chi connectivity index (χ1n) is 7.38. The van der Waals surface area contributed by atoms with Gasteiger partial charge in [-0.05, 0) is 32.1 Å². The molecule has 106 valence electrons. The van der Waals surface area contributed by atoms with Crippen LogP contribution < -0.4 is 5.32 Å². The summed E-state index contributed by atoms with van der Waals surface area (Å²) in [7, 11) is 0. The van der Waals surface area contributed by atoms with Crippen LogP contribution in [0.1, 0.15) is 52.4 Å². The van der Waals surface area contributed by atoms with Gasteiger partial charge in [0.2, 0.25) is 0 Å². The van der Waals surface area contributed by atoms with E-state index < -0.39 is 0 Å². The van der Waals surface area contributed by atoms with Crippen molar-refractivity contribution < 1.29 is 4.79 Å². The van der Waals surface area contributed by atoms with E-state index in [1.165, 1.54) is 6.42 Å². The van der Waals surface area contributed by atoms with Crippen LogP contribution in [0.25, 0.3) is 0 Å². The minimum absolute atomic E-state index is 0.233. The van der Waals surface area contributed by atoms with E-state index in [-0.39, 0.29) is 11.5 Å². The van der Waals surface area contributed by atoms with Crippen LogP contribution in [-0.4, -0.2) is 29.9 Å². The molecule has 0 aromatic carbocycles. The van der Waals surface area contributed by atoms with E-state index >= 15 is 0 Å². The molecule has 4 nitrogen and oxygen atoms in total. The summed E-state index contributed by atoms with van der Waals surface area (Å²) in [5, 5.41) is 11.9. The second-order valence-electron chi connectivity index (χ2n) is 5.06. The van der Waals surface area contributed by atoms with E-state index in [1.54, 1.807) is 6.20 Å². The van der Waals surface area contributed by atoms with Crippen molar-refractivity contribution in [2.24, 2.45) is 0 Å². The molecule has 1 amide bonds. The predicted octanol–water partition coefficient (Wildman–Crippen LogP) is 2.57. The van der Waals surface area contributed by atoms with Gasteiger partial charge in [-0.1, -0.05) is 20.3 Å². The highest BCUT2D eigenvalue weighted by molar-refractivity contribution is 5.97. The fourth-order valence-corrected chi connectivity index (χ4v) is 2.41. The van der Waals surface area contributed by atoms with Gasteiger partial charge in [-0.3, -0.25) is 4.79 Å². The molecule has 1 aliphatic heterocycles. The van der Waals surface area contributed by atoms with Gasteiger partial charge in [0.15, 0.2) is 0 Å². The Morgan fingerprint density at radius 2 is 2.26 bits per heavy atom. The molecule has 1 N–H and O–H groups in total. The average molecular weight is 263 g/mol. The number of nitriles is 1. The van der Waals surface area contributed by atoms with Gasteiger partial charge < -0.3 is 10.2 Å². The molecular formula is C15H25N3O. The summed E-state index contributed by atoms with van der Waals surface area (Å²) in [4.78, 5) is 14.1. The molecule has 0 bridgehead atoms. The van der Waals surface area contributed by atoms with Crippen molar-refractivity contribution in [1.29, 1.82) is 5.26 Å². The molecule has 0 saturated carbocycles. The molecule has 0 aromatic rings. The lowest BCUT2D eigenvalue weighted by atomic mass is 10.0. The third kappa shape index (κ3) is 4.94. The first-order chi connectivity index (χ1) is 9.22.